The van der Waals surface area contributed by atoms with Gasteiger partial charge in [0.25, 0.3) is 0 Å². The topological polar surface area (TPSA) is 34.1 Å². The highest BCUT2D eigenvalue weighted by atomic mass is 79.9. The van der Waals surface area contributed by atoms with Gasteiger partial charge in [-0.3, -0.25) is 9.59 Å². The average Bonchev–Trinajstić information content (AvgIpc) is 2.68. The van der Waals surface area contributed by atoms with E-state index in [0.717, 1.165) is 10.9 Å². The maximum atomic E-state index is 12.0. The first-order valence-corrected chi connectivity index (χ1v) is 7.24. The molecule has 3 atom stereocenters. The van der Waals surface area contributed by atoms with E-state index in [0.29, 0.717) is 36.9 Å². The van der Waals surface area contributed by atoms with Crippen molar-refractivity contribution in [3.05, 3.63) is 34.3 Å². The number of ketones is 2. The highest BCUT2D eigenvalue weighted by Crippen LogP contribution is 2.47. The summed E-state index contributed by atoms with van der Waals surface area (Å²) in [5, 5.41) is 0. The summed E-state index contributed by atoms with van der Waals surface area (Å²) in [6.45, 7) is 0. The van der Waals surface area contributed by atoms with Crippen LogP contribution in [0, 0.1) is 11.8 Å². The molecule has 2 aliphatic rings. The van der Waals surface area contributed by atoms with Crippen molar-refractivity contribution in [1.82, 2.24) is 0 Å². The van der Waals surface area contributed by atoms with E-state index in [9.17, 15) is 9.59 Å². The van der Waals surface area contributed by atoms with Crippen molar-refractivity contribution in [2.24, 2.45) is 11.8 Å². The van der Waals surface area contributed by atoms with E-state index in [1.807, 2.05) is 12.1 Å². The van der Waals surface area contributed by atoms with Gasteiger partial charge in [0, 0.05) is 29.7 Å². The van der Waals surface area contributed by atoms with Crippen molar-refractivity contribution < 1.29 is 9.59 Å². The largest absolute Gasteiger partial charge is 0.300 e. The third kappa shape index (κ3) is 2.05. The Labute approximate surface area is 115 Å². The molecule has 0 spiro atoms. The Kier molecular flexibility index (Phi) is 3.10. The molecule has 0 amide bonds. The third-order valence-corrected chi connectivity index (χ3v) is 4.90. The van der Waals surface area contributed by atoms with E-state index >= 15 is 0 Å². The monoisotopic (exact) mass is 306 g/mol. The molecule has 3 rings (SSSR count). The number of carbonyl (C=O) groups excluding carboxylic acids is 2. The van der Waals surface area contributed by atoms with Crippen molar-refractivity contribution in [1.29, 1.82) is 0 Å². The molecule has 3 heteroatoms. The van der Waals surface area contributed by atoms with Crippen LogP contribution in [0.5, 0.6) is 0 Å². The molecule has 0 saturated heterocycles. The predicted molar refractivity (Wildman–Crippen MR) is 72.3 cm³/mol. The lowest BCUT2D eigenvalue weighted by Crippen LogP contribution is -2.26. The van der Waals surface area contributed by atoms with Crippen molar-refractivity contribution in [3.63, 3.8) is 0 Å². The van der Waals surface area contributed by atoms with Crippen LogP contribution in [0.3, 0.4) is 0 Å². The van der Waals surface area contributed by atoms with Crippen LogP contribution in [0.4, 0.5) is 0 Å². The molecule has 0 N–H and O–H groups in total. The lowest BCUT2D eigenvalue weighted by molar-refractivity contribution is -0.129. The number of rotatable bonds is 1. The molecule has 94 valence electrons. The smallest absolute Gasteiger partial charge is 0.137 e. The third-order valence-electron chi connectivity index (χ3n) is 4.37. The lowest BCUT2D eigenvalue weighted by Gasteiger charge is -2.27. The van der Waals surface area contributed by atoms with Gasteiger partial charge in [-0.2, -0.15) is 0 Å². The zero-order valence-corrected chi connectivity index (χ0v) is 11.7. The number of halogens is 1. The van der Waals surface area contributed by atoms with Crippen LogP contribution in [0.1, 0.15) is 37.2 Å². The van der Waals surface area contributed by atoms with Gasteiger partial charge >= 0.3 is 0 Å². The Bertz CT molecular complexity index is 492. The summed E-state index contributed by atoms with van der Waals surface area (Å²) in [6, 6.07) is 8.25. The SMILES string of the molecule is O=C1CC[C@@H]2[C@H](C1)C(=O)C[C@@H]2c1ccc(Br)cc1. The first-order chi connectivity index (χ1) is 8.65. The normalized spacial score (nSPS) is 31.5. The first kappa shape index (κ1) is 12.1. The molecule has 0 bridgehead atoms. The van der Waals surface area contributed by atoms with Gasteiger partial charge in [-0.1, -0.05) is 28.1 Å². The fourth-order valence-electron chi connectivity index (χ4n) is 3.46. The van der Waals surface area contributed by atoms with Gasteiger partial charge in [0.05, 0.1) is 0 Å². The molecule has 2 fully saturated rings. The van der Waals surface area contributed by atoms with E-state index in [1.165, 1.54) is 5.56 Å². The highest BCUT2D eigenvalue weighted by molar-refractivity contribution is 9.10. The Morgan fingerprint density at radius 1 is 1.00 bits per heavy atom. The molecule has 1 aromatic carbocycles. The molecule has 2 nitrogen and oxygen atoms in total. The second kappa shape index (κ2) is 4.61. The molecule has 0 aromatic heterocycles. The molecule has 2 saturated carbocycles. The zero-order chi connectivity index (χ0) is 12.7. The summed E-state index contributed by atoms with van der Waals surface area (Å²) in [5.41, 5.74) is 1.24. The van der Waals surface area contributed by atoms with E-state index in [4.69, 9.17) is 0 Å². The van der Waals surface area contributed by atoms with Crippen molar-refractivity contribution in [2.75, 3.05) is 0 Å². The van der Waals surface area contributed by atoms with Crippen LogP contribution in [0.2, 0.25) is 0 Å². The summed E-state index contributed by atoms with van der Waals surface area (Å²) in [5.74, 6) is 1.27. The van der Waals surface area contributed by atoms with Gasteiger partial charge < -0.3 is 0 Å². The summed E-state index contributed by atoms with van der Waals surface area (Å²) in [4.78, 5) is 23.5. The molecular weight excluding hydrogens is 292 g/mol. The molecule has 0 unspecified atom stereocenters. The zero-order valence-electron chi connectivity index (χ0n) is 10.1. The molecule has 2 aliphatic carbocycles. The van der Waals surface area contributed by atoms with E-state index in [2.05, 4.69) is 28.1 Å². The van der Waals surface area contributed by atoms with E-state index in [1.54, 1.807) is 0 Å². The summed E-state index contributed by atoms with van der Waals surface area (Å²) < 4.78 is 1.06. The predicted octanol–water partition coefficient (Wildman–Crippen LogP) is 3.49. The van der Waals surface area contributed by atoms with Crippen LogP contribution in [0.25, 0.3) is 0 Å². The van der Waals surface area contributed by atoms with Gasteiger partial charge in [0.15, 0.2) is 0 Å². The molecule has 0 radical (unpaired) electrons. The number of fused-ring (bicyclic) bond motifs is 1. The average molecular weight is 307 g/mol. The summed E-state index contributed by atoms with van der Waals surface area (Å²) in [7, 11) is 0. The van der Waals surface area contributed by atoms with Crippen molar-refractivity contribution in [3.8, 4) is 0 Å². The number of hydrogen-bond donors (Lipinski definition) is 0. The molecule has 0 aliphatic heterocycles. The maximum absolute atomic E-state index is 12.0. The lowest BCUT2D eigenvalue weighted by atomic mass is 9.75. The van der Waals surface area contributed by atoms with Crippen LogP contribution < -0.4 is 0 Å². The van der Waals surface area contributed by atoms with Gasteiger partial charge in [0.1, 0.15) is 11.6 Å². The standard InChI is InChI=1S/C15H15BrO2/c16-10-3-1-9(2-4-10)13-8-15(18)14-7-11(17)5-6-12(13)14/h1-4,12-14H,5-8H2/t12-,13+,14-/m0/s1. The molecule has 0 heterocycles. The summed E-state index contributed by atoms with van der Waals surface area (Å²) in [6.07, 6.45) is 2.64. The Balaban J connectivity index is 1.88. The van der Waals surface area contributed by atoms with E-state index in [-0.39, 0.29) is 11.7 Å². The molecule has 18 heavy (non-hydrogen) atoms. The van der Waals surface area contributed by atoms with Crippen LogP contribution in [-0.4, -0.2) is 11.6 Å². The quantitative estimate of drug-likeness (QED) is 0.796. The van der Waals surface area contributed by atoms with Crippen molar-refractivity contribution in [2.45, 2.75) is 31.6 Å². The molecular formula is C15H15BrO2. The first-order valence-electron chi connectivity index (χ1n) is 6.45. The second-order valence-electron chi connectivity index (χ2n) is 5.38. The van der Waals surface area contributed by atoms with E-state index < -0.39 is 0 Å². The number of benzene rings is 1. The van der Waals surface area contributed by atoms with Crippen molar-refractivity contribution >= 4 is 27.5 Å². The van der Waals surface area contributed by atoms with Gasteiger partial charge in [-0.25, -0.2) is 0 Å². The van der Waals surface area contributed by atoms with Gasteiger partial charge in [-0.15, -0.1) is 0 Å². The van der Waals surface area contributed by atoms with Gasteiger partial charge in [0.2, 0.25) is 0 Å². The Hall–Kier alpha value is -0.960. The van der Waals surface area contributed by atoms with Crippen LogP contribution >= 0.6 is 15.9 Å². The minimum Gasteiger partial charge on any atom is -0.300 e. The second-order valence-corrected chi connectivity index (χ2v) is 6.30. The van der Waals surface area contributed by atoms with Gasteiger partial charge in [-0.05, 0) is 36.0 Å². The Morgan fingerprint density at radius 3 is 2.44 bits per heavy atom. The van der Waals surface area contributed by atoms with Crippen LogP contribution in [0.15, 0.2) is 28.7 Å². The maximum Gasteiger partial charge on any atom is 0.137 e. The minimum absolute atomic E-state index is 0.0000955. The number of Topliss-reactive ketones (excluding diaryl/α,β-unsaturated/α-hetero) is 2. The van der Waals surface area contributed by atoms with Crippen LogP contribution in [-0.2, 0) is 9.59 Å². The number of carbonyl (C=O) groups is 2. The number of hydrogen-bond acceptors (Lipinski definition) is 2. The summed E-state index contributed by atoms with van der Waals surface area (Å²) >= 11 is 3.43. The Morgan fingerprint density at radius 2 is 1.72 bits per heavy atom. The fraction of sp³-hybridized carbons (Fsp3) is 0.467. The minimum atomic E-state index is -0.0000955. The molecule has 1 aromatic rings. The highest BCUT2D eigenvalue weighted by Gasteiger charge is 2.45. The fourth-order valence-corrected chi connectivity index (χ4v) is 3.72.